The SMILES string of the molecule is CC1CCC(C2CCC(CCc3ccc(C4CCC(/C(F)=C/CF)CC4)cc3)CC2)OC1. The first-order valence-corrected chi connectivity index (χ1v) is 13.2. The molecule has 0 aromatic heterocycles. The molecule has 1 aliphatic heterocycles. The Bertz CT molecular complexity index is 703. The molecular weight excluding hydrogens is 402 g/mol. The van der Waals surface area contributed by atoms with Crippen LogP contribution in [0.4, 0.5) is 8.78 Å². The number of ether oxygens (including phenoxy) is 1. The van der Waals surface area contributed by atoms with Crippen molar-refractivity contribution in [1.29, 1.82) is 0 Å². The largest absolute Gasteiger partial charge is 0.378 e. The summed E-state index contributed by atoms with van der Waals surface area (Å²) in [6.07, 6.45) is 15.9. The highest BCUT2D eigenvalue weighted by Crippen LogP contribution is 2.40. The molecule has 2 atom stereocenters. The van der Waals surface area contributed by atoms with Gasteiger partial charge in [0, 0.05) is 12.5 Å². The van der Waals surface area contributed by atoms with Crippen LogP contribution in [0, 0.1) is 23.7 Å². The van der Waals surface area contributed by atoms with Crippen molar-refractivity contribution < 1.29 is 13.5 Å². The van der Waals surface area contributed by atoms with Gasteiger partial charge in [-0.3, -0.25) is 0 Å². The second kappa shape index (κ2) is 11.8. The highest BCUT2D eigenvalue weighted by atomic mass is 19.1. The highest BCUT2D eigenvalue weighted by Gasteiger charge is 2.30. The third-order valence-electron chi connectivity index (χ3n) is 8.64. The molecule has 1 aromatic rings. The van der Waals surface area contributed by atoms with Crippen molar-refractivity contribution in [3.05, 3.63) is 47.3 Å². The minimum absolute atomic E-state index is 0.0652. The number of aryl methyl sites for hydroxylation is 1. The summed E-state index contributed by atoms with van der Waals surface area (Å²) in [6.45, 7) is 2.58. The molecule has 1 saturated heterocycles. The Hall–Kier alpha value is -1.22. The van der Waals surface area contributed by atoms with Crippen molar-refractivity contribution in [2.24, 2.45) is 23.7 Å². The van der Waals surface area contributed by atoms with Crippen LogP contribution in [0.15, 0.2) is 36.2 Å². The molecule has 2 saturated carbocycles. The first-order chi connectivity index (χ1) is 15.6. The third kappa shape index (κ3) is 6.43. The van der Waals surface area contributed by atoms with E-state index in [4.69, 9.17) is 4.74 Å². The first kappa shape index (κ1) is 23.9. The standard InChI is InChI=1S/C29H42F2O/c1-21-2-17-29(32-20-21)27-11-7-23(8-12-27)4-3-22-5-9-24(10-6-22)25-13-15-26(16-14-25)28(31)18-19-30/h5-6,9-10,18,21,23,25-27,29H,2-4,7-8,11-17,19-20H2,1H3/b28-18-. The summed E-state index contributed by atoms with van der Waals surface area (Å²) in [7, 11) is 0. The summed E-state index contributed by atoms with van der Waals surface area (Å²) >= 11 is 0. The van der Waals surface area contributed by atoms with Crippen LogP contribution in [0.25, 0.3) is 0 Å². The average Bonchev–Trinajstić information content (AvgIpc) is 2.84. The molecule has 4 rings (SSSR count). The predicted molar refractivity (Wildman–Crippen MR) is 128 cm³/mol. The molecule has 3 heteroatoms. The van der Waals surface area contributed by atoms with Crippen LogP contribution in [-0.4, -0.2) is 19.4 Å². The number of halogens is 2. The zero-order valence-electron chi connectivity index (χ0n) is 19.9. The minimum Gasteiger partial charge on any atom is -0.378 e. The maximum Gasteiger partial charge on any atom is 0.110 e. The monoisotopic (exact) mass is 444 g/mol. The molecular formula is C29H42F2O. The van der Waals surface area contributed by atoms with Crippen LogP contribution in [0.2, 0.25) is 0 Å². The summed E-state index contributed by atoms with van der Waals surface area (Å²) in [5.41, 5.74) is 2.84. The lowest BCUT2D eigenvalue weighted by molar-refractivity contribution is -0.0545. The van der Waals surface area contributed by atoms with Gasteiger partial charge in [0.2, 0.25) is 0 Å². The summed E-state index contributed by atoms with van der Waals surface area (Å²) in [6, 6.07) is 9.22. The lowest BCUT2D eigenvalue weighted by Gasteiger charge is -2.37. The number of hydrogen-bond donors (Lipinski definition) is 0. The van der Waals surface area contributed by atoms with Crippen molar-refractivity contribution in [1.82, 2.24) is 0 Å². The van der Waals surface area contributed by atoms with Gasteiger partial charge in [-0.25, -0.2) is 8.78 Å². The van der Waals surface area contributed by atoms with Gasteiger partial charge >= 0.3 is 0 Å². The molecule has 0 N–H and O–H groups in total. The van der Waals surface area contributed by atoms with Crippen molar-refractivity contribution in [3.63, 3.8) is 0 Å². The van der Waals surface area contributed by atoms with Crippen LogP contribution >= 0.6 is 0 Å². The molecule has 0 amide bonds. The van der Waals surface area contributed by atoms with Gasteiger partial charge in [-0.2, -0.15) is 0 Å². The average molecular weight is 445 g/mol. The van der Waals surface area contributed by atoms with E-state index in [-0.39, 0.29) is 11.7 Å². The Labute approximate surface area is 194 Å². The molecule has 1 heterocycles. The van der Waals surface area contributed by atoms with E-state index in [1.54, 1.807) is 0 Å². The first-order valence-electron chi connectivity index (χ1n) is 13.2. The Morgan fingerprint density at radius 2 is 1.66 bits per heavy atom. The number of rotatable bonds is 7. The number of hydrogen-bond acceptors (Lipinski definition) is 1. The molecule has 1 nitrogen and oxygen atoms in total. The molecule has 3 fully saturated rings. The molecule has 0 spiro atoms. The van der Waals surface area contributed by atoms with Gasteiger partial charge in [-0.1, -0.05) is 44.0 Å². The Morgan fingerprint density at radius 3 is 2.28 bits per heavy atom. The summed E-state index contributed by atoms with van der Waals surface area (Å²) < 4.78 is 32.3. The molecule has 2 aliphatic carbocycles. The second-order valence-electron chi connectivity index (χ2n) is 10.9. The highest BCUT2D eigenvalue weighted by molar-refractivity contribution is 5.26. The van der Waals surface area contributed by atoms with Crippen molar-refractivity contribution in [2.75, 3.05) is 13.3 Å². The van der Waals surface area contributed by atoms with Gasteiger partial charge in [0.1, 0.15) is 12.5 Å². The van der Waals surface area contributed by atoms with Gasteiger partial charge in [-0.15, -0.1) is 0 Å². The summed E-state index contributed by atoms with van der Waals surface area (Å²) in [5.74, 6) is 2.64. The van der Waals surface area contributed by atoms with Crippen molar-refractivity contribution >= 4 is 0 Å². The Kier molecular flexibility index (Phi) is 8.80. The van der Waals surface area contributed by atoms with Crippen LogP contribution in [0.5, 0.6) is 0 Å². The Morgan fingerprint density at radius 1 is 0.938 bits per heavy atom. The normalized spacial score (nSPS) is 34.4. The topological polar surface area (TPSA) is 9.23 Å². The van der Waals surface area contributed by atoms with Gasteiger partial charge < -0.3 is 4.74 Å². The van der Waals surface area contributed by atoms with E-state index >= 15 is 0 Å². The zero-order chi connectivity index (χ0) is 22.3. The lowest BCUT2D eigenvalue weighted by Crippen LogP contribution is -2.33. The van der Waals surface area contributed by atoms with E-state index < -0.39 is 6.67 Å². The fourth-order valence-corrected chi connectivity index (χ4v) is 6.39. The van der Waals surface area contributed by atoms with E-state index in [1.165, 1.54) is 62.5 Å². The van der Waals surface area contributed by atoms with E-state index in [0.717, 1.165) is 56.1 Å². The Balaban J connectivity index is 1.17. The van der Waals surface area contributed by atoms with Crippen LogP contribution in [0.1, 0.15) is 94.6 Å². The van der Waals surface area contributed by atoms with Crippen LogP contribution < -0.4 is 0 Å². The molecule has 178 valence electrons. The van der Waals surface area contributed by atoms with E-state index in [9.17, 15) is 8.78 Å². The molecule has 2 unspecified atom stereocenters. The van der Waals surface area contributed by atoms with E-state index in [1.807, 2.05) is 0 Å². The fourth-order valence-electron chi connectivity index (χ4n) is 6.39. The van der Waals surface area contributed by atoms with Crippen LogP contribution in [-0.2, 0) is 11.2 Å². The van der Waals surface area contributed by atoms with E-state index in [2.05, 4.69) is 31.2 Å². The summed E-state index contributed by atoms with van der Waals surface area (Å²) in [5, 5.41) is 0. The lowest BCUT2D eigenvalue weighted by atomic mass is 9.75. The maximum absolute atomic E-state index is 13.9. The second-order valence-corrected chi connectivity index (χ2v) is 10.9. The number of benzene rings is 1. The smallest absolute Gasteiger partial charge is 0.110 e. The van der Waals surface area contributed by atoms with Gasteiger partial charge in [0.05, 0.1) is 6.10 Å². The fraction of sp³-hybridized carbons (Fsp3) is 0.724. The van der Waals surface area contributed by atoms with Crippen LogP contribution in [0.3, 0.4) is 0 Å². The van der Waals surface area contributed by atoms with E-state index in [0.29, 0.717) is 12.0 Å². The minimum atomic E-state index is -0.692. The number of alkyl halides is 1. The number of allylic oxidation sites excluding steroid dienone is 2. The molecule has 0 bridgehead atoms. The summed E-state index contributed by atoms with van der Waals surface area (Å²) in [4.78, 5) is 0. The van der Waals surface area contributed by atoms with Gasteiger partial charge in [-0.05, 0) is 105 Å². The zero-order valence-corrected chi connectivity index (χ0v) is 19.9. The van der Waals surface area contributed by atoms with Gasteiger partial charge in [0.15, 0.2) is 0 Å². The molecule has 3 aliphatic rings. The molecule has 1 aromatic carbocycles. The quantitative estimate of drug-likeness (QED) is 0.411. The maximum atomic E-state index is 13.9. The molecule has 32 heavy (non-hydrogen) atoms. The van der Waals surface area contributed by atoms with Crippen molar-refractivity contribution in [3.8, 4) is 0 Å². The molecule has 0 radical (unpaired) electrons. The van der Waals surface area contributed by atoms with Crippen molar-refractivity contribution in [2.45, 2.75) is 96.0 Å². The van der Waals surface area contributed by atoms with Gasteiger partial charge in [0.25, 0.3) is 0 Å². The third-order valence-corrected chi connectivity index (χ3v) is 8.64. The predicted octanol–water partition coefficient (Wildman–Crippen LogP) is 8.34.